The maximum Gasteiger partial charge on any atom is 0.317 e. The van der Waals surface area contributed by atoms with Crippen molar-refractivity contribution in [2.75, 3.05) is 26.2 Å². The molecule has 0 spiro atoms. The van der Waals surface area contributed by atoms with Crippen LogP contribution < -0.4 is 5.32 Å². The van der Waals surface area contributed by atoms with E-state index in [1.54, 1.807) is 11.3 Å². The van der Waals surface area contributed by atoms with Crippen molar-refractivity contribution in [3.8, 4) is 0 Å². The predicted octanol–water partition coefficient (Wildman–Crippen LogP) is 2.26. The van der Waals surface area contributed by atoms with E-state index in [0.717, 1.165) is 45.6 Å². The van der Waals surface area contributed by atoms with E-state index < -0.39 is 0 Å². The van der Waals surface area contributed by atoms with Crippen LogP contribution in [0, 0.1) is 0 Å². The molecule has 1 aromatic rings. The van der Waals surface area contributed by atoms with Crippen molar-refractivity contribution in [2.45, 2.75) is 45.2 Å². The summed E-state index contributed by atoms with van der Waals surface area (Å²) in [5.74, 6) is 0.517. The van der Waals surface area contributed by atoms with Gasteiger partial charge >= 0.3 is 6.03 Å². The van der Waals surface area contributed by atoms with E-state index in [1.165, 1.54) is 10.7 Å². The van der Waals surface area contributed by atoms with Gasteiger partial charge in [0.25, 0.3) is 0 Å². The lowest BCUT2D eigenvalue weighted by Gasteiger charge is -2.35. The van der Waals surface area contributed by atoms with Crippen molar-refractivity contribution < 1.29 is 4.79 Å². The SMILES string of the molecule is CC(C)c1nc(CN2CCC(N3CCNC3=O)CC2)cs1. The molecule has 2 saturated heterocycles. The van der Waals surface area contributed by atoms with Crippen molar-refractivity contribution in [3.63, 3.8) is 0 Å². The van der Waals surface area contributed by atoms with Crippen LogP contribution in [0.5, 0.6) is 0 Å². The molecule has 3 rings (SSSR count). The van der Waals surface area contributed by atoms with E-state index in [1.807, 2.05) is 4.90 Å². The molecular formula is C15H24N4OS. The van der Waals surface area contributed by atoms with Crippen molar-refractivity contribution in [3.05, 3.63) is 16.1 Å². The van der Waals surface area contributed by atoms with Gasteiger partial charge in [0.05, 0.1) is 10.7 Å². The Kier molecular flexibility index (Phi) is 4.45. The summed E-state index contributed by atoms with van der Waals surface area (Å²) in [7, 11) is 0. The normalized spacial score (nSPS) is 21.3. The monoisotopic (exact) mass is 308 g/mol. The van der Waals surface area contributed by atoms with E-state index in [9.17, 15) is 4.79 Å². The molecule has 0 aromatic carbocycles. The topological polar surface area (TPSA) is 48.5 Å². The molecule has 2 fully saturated rings. The molecule has 5 nitrogen and oxygen atoms in total. The van der Waals surface area contributed by atoms with E-state index in [4.69, 9.17) is 4.98 Å². The van der Waals surface area contributed by atoms with Gasteiger partial charge in [-0.1, -0.05) is 13.8 Å². The first-order chi connectivity index (χ1) is 10.1. The second-order valence-corrected chi connectivity index (χ2v) is 7.15. The highest BCUT2D eigenvalue weighted by Crippen LogP contribution is 2.22. The number of aromatic nitrogens is 1. The Morgan fingerprint density at radius 1 is 1.38 bits per heavy atom. The number of rotatable bonds is 4. The Bertz CT molecular complexity index is 494. The molecule has 2 aliphatic rings. The summed E-state index contributed by atoms with van der Waals surface area (Å²) in [6.45, 7) is 9.11. The average molecular weight is 308 g/mol. The molecule has 116 valence electrons. The molecule has 21 heavy (non-hydrogen) atoms. The smallest absolute Gasteiger partial charge is 0.317 e. The van der Waals surface area contributed by atoms with Gasteiger partial charge in [-0.3, -0.25) is 4.90 Å². The highest BCUT2D eigenvalue weighted by atomic mass is 32.1. The third kappa shape index (κ3) is 3.37. The lowest BCUT2D eigenvalue weighted by atomic mass is 10.0. The van der Waals surface area contributed by atoms with Crippen LogP contribution in [0.25, 0.3) is 0 Å². The molecule has 1 aromatic heterocycles. The van der Waals surface area contributed by atoms with Crippen molar-refractivity contribution >= 4 is 17.4 Å². The number of urea groups is 1. The second-order valence-electron chi connectivity index (χ2n) is 6.26. The minimum absolute atomic E-state index is 0.120. The number of hydrogen-bond acceptors (Lipinski definition) is 4. The van der Waals surface area contributed by atoms with Crippen LogP contribution in [0.2, 0.25) is 0 Å². The zero-order chi connectivity index (χ0) is 14.8. The zero-order valence-corrected chi connectivity index (χ0v) is 13.7. The number of piperidine rings is 1. The molecule has 0 aliphatic carbocycles. The van der Waals surface area contributed by atoms with Crippen LogP contribution in [0.15, 0.2) is 5.38 Å². The summed E-state index contributed by atoms with van der Waals surface area (Å²) in [4.78, 5) is 20.9. The van der Waals surface area contributed by atoms with Gasteiger partial charge in [-0.2, -0.15) is 0 Å². The second kappa shape index (κ2) is 6.32. The standard InChI is InChI=1S/C15H24N4OS/c1-11(2)14-17-12(10-21-14)9-18-6-3-13(4-7-18)19-8-5-16-15(19)20/h10-11,13H,3-9H2,1-2H3,(H,16,20). The lowest BCUT2D eigenvalue weighted by molar-refractivity contribution is 0.131. The van der Waals surface area contributed by atoms with Gasteiger partial charge in [0.2, 0.25) is 0 Å². The average Bonchev–Trinajstić information content (AvgIpc) is 3.09. The van der Waals surface area contributed by atoms with Crippen LogP contribution in [0.3, 0.4) is 0 Å². The third-order valence-corrected chi connectivity index (χ3v) is 5.53. The van der Waals surface area contributed by atoms with Crippen molar-refractivity contribution in [1.82, 2.24) is 20.1 Å². The van der Waals surface area contributed by atoms with Crippen LogP contribution in [0.1, 0.15) is 43.3 Å². The van der Waals surface area contributed by atoms with Gasteiger partial charge in [0.1, 0.15) is 0 Å². The molecule has 0 atom stereocenters. The first-order valence-corrected chi connectivity index (χ1v) is 8.72. The third-order valence-electron chi connectivity index (χ3n) is 4.34. The summed E-state index contributed by atoms with van der Waals surface area (Å²) in [5, 5.41) is 6.32. The summed E-state index contributed by atoms with van der Waals surface area (Å²) < 4.78 is 0. The minimum atomic E-state index is 0.120. The number of likely N-dealkylation sites (tertiary alicyclic amines) is 1. The Labute approximate surface area is 130 Å². The highest BCUT2D eigenvalue weighted by Gasteiger charge is 2.30. The predicted molar refractivity (Wildman–Crippen MR) is 84.6 cm³/mol. The summed E-state index contributed by atoms with van der Waals surface area (Å²) in [6.07, 6.45) is 2.16. The molecule has 0 unspecified atom stereocenters. The van der Waals surface area contributed by atoms with E-state index >= 15 is 0 Å². The maximum absolute atomic E-state index is 11.7. The number of nitrogens with one attached hydrogen (secondary N) is 1. The largest absolute Gasteiger partial charge is 0.336 e. The van der Waals surface area contributed by atoms with Gasteiger partial charge < -0.3 is 10.2 Å². The van der Waals surface area contributed by atoms with Gasteiger partial charge in [0.15, 0.2) is 0 Å². The number of amides is 2. The Balaban J connectivity index is 1.50. The molecule has 3 heterocycles. The van der Waals surface area contributed by atoms with Crippen LogP contribution in [0.4, 0.5) is 4.79 Å². The summed E-state index contributed by atoms with van der Waals surface area (Å²) in [6, 6.07) is 0.542. The zero-order valence-electron chi connectivity index (χ0n) is 12.8. The number of thiazole rings is 1. The fourth-order valence-corrected chi connectivity index (χ4v) is 3.94. The summed E-state index contributed by atoms with van der Waals surface area (Å²) in [5.41, 5.74) is 1.20. The Morgan fingerprint density at radius 2 is 2.14 bits per heavy atom. The number of carbonyl (C=O) groups excluding carboxylic acids is 1. The van der Waals surface area contributed by atoms with Gasteiger partial charge in [0, 0.05) is 50.1 Å². The molecule has 0 radical (unpaired) electrons. The molecule has 2 aliphatic heterocycles. The van der Waals surface area contributed by atoms with Gasteiger partial charge in [-0.15, -0.1) is 11.3 Å². The van der Waals surface area contributed by atoms with E-state index in [2.05, 4.69) is 29.4 Å². The minimum Gasteiger partial charge on any atom is -0.336 e. The Hall–Kier alpha value is -1.14. The van der Waals surface area contributed by atoms with Crippen LogP contribution in [-0.2, 0) is 6.54 Å². The van der Waals surface area contributed by atoms with E-state index in [-0.39, 0.29) is 6.03 Å². The fourth-order valence-electron chi connectivity index (χ4n) is 3.11. The van der Waals surface area contributed by atoms with Crippen molar-refractivity contribution in [1.29, 1.82) is 0 Å². The molecule has 6 heteroatoms. The van der Waals surface area contributed by atoms with Crippen LogP contribution in [-0.4, -0.2) is 53.0 Å². The maximum atomic E-state index is 11.7. The van der Waals surface area contributed by atoms with Gasteiger partial charge in [-0.25, -0.2) is 9.78 Å². The number of nitrogens with zero attached hydrogens (tertiary/aromatic N) is 3. The van der Waals surface area contributed by atoms with Crippen molar-refractivity contribution in [2.24, 2.45) is 0 Å². The molecule has 0 bridgehead atoms. The van der Waals surface area contributed by atoms with E-state index in [0.29, 0.717) is 12.0 Å². The van der Waals surface area contributed by atoms with Crippen LogP contribution >= 0.6 is 11.3 Å². The van der Waals surface area contributed by atoms with Gasteiger partial charge in [-0.05, 0) is 12.8 Å². The molecule has 1 N–H and O–H groups in total. The fraction of sp³-hybridized carbons (Fsp3) is 0.733. The number of carbonyl (C=O) groups is 1. The number of hydrogen-bond donors (Lipinski definition) is 1. The lowest BCUT2D eigenvalue weighted by Crippen LogP contribution is -2.45. The molecule has 0 saturated carbocycles. The first-order valence-electron chi connectivity index (χ1n) is 7.84. The first kappa shape index (κ1) is 14.8. The summed E-state index contributed by atoms with van der Waals surface area (Å²) >= 11 is 1.77. The molecule has 2 amide bonds. The quantitative estimate of drug-likeness (QED) is 0.928. The highest BCUT2D eigenvalue weighted by molar-refractivity contribution is 7.09. The Morgan fingerprint density at radius 3 is 2.71 bits per heavy atom. The molecular weight excluding hydrogens is 284 g/mol.